The van der Waals surface area contributed by atoms with Crippen molar-refractivity contribution in [3.05, 3.63) is 54.1 Å². The summed E-state index contributed by atoms with van der Waals surface area (Å²) in [5.41, 5.74) is 1.61. The fourth-order valence-electron chi connectivity index (χ4n) is 3.16. The Hall–Kier alpha value is -3.53. The topological polar surface area (TPSA) is 107 Å². The summed E-state index contributed by atoms with van der Waals surface area (Å²) in [6.45, 7) is 0. The van der Waals surface area contributed by atoms with Crippen molar-refractivity contribution in [2.75, 3.05) is 24.9 Å². The van der Waals surface area contributed by atoms with E-state index in [4.69, 9.17) is 9.47 Å². The van der Waals surface area contributed by atoms with Gasteiger partial charge in [0.2, 0.25) is 17.0 Å². The zero-order chi connectivity index (χ0) is 21.8. The van der Waals surface area contributed by atoms with Gasteiger partial charge in [-0.25, -0.2) is 4.68 Å². The molecule has 9 nitrogen and oxygen atoms in total. The van der Waals surface area contributed by atoms with Gasteiger partial charge in [0.1, 0.15) is 17.5 Å². The number of thioether (sulfide) groups is 1. The Labute approximate surface area is 183 Å². The van der Waals surface area contributed by atoms with Crippen LogP contribution < -0.4 is 20.1 Å². The molecule has 1 aromatic heterocycles. The fraction of sp³-hybridized carbons (Fsp3) is 0.238. The van der Waals surface area contributed by atoms with E-state index in [0.717, 1.165) is 5.56 Å². The molecule has 1 aliphatic rings. The Morgan fingerprint density at radius 2 is 2.00 bits per heavy atom. The summed E-state index contributed by atoms with van der Waals surface area (Å²) in [7, 11) is 3.05. The molecule has 2 N–H and O–H groups in total. The average Bonchev–Trinajstić information content (AvgIpc) is 3.30. The van der Waals surface area contributed by atoms with Crippen LogP contribution in [0.25, 0.3) is 0 Å². The molecule has 2 aromatic carbocycles. The van der Waals surface area contributed by atoms with E-state index >= 15 is 0 Å². The van der Waals surface area contributed by atoms with Crippen LogP contribution in [0.5, 0.6) is 11.5 Å². The minimum absolute atomic E-state index is 0.0919. The minimum Gasteiger partial charge on any atom is -0.497 e. The average molecular weight is 439 g/mol. The first-order valence-corrected chi connectivity index (χ1v) is 10.5. The standard InChI is InChI=1S/C21H21N5O4S/c1-29-14-8-9-17(30-2)15(10-14)22-18(27)11-16-19(28)23-20-24-21(25-26(16)20)31-12-13-6-4-3-5-7-13/h3-10,16H,11-12H2,1-2H3,(H,22,27)(H,23,24,25,28)/t16-/m0/s1. The number of ether oxygens (including phenoxy) is 2. The second-order valence-corrected chi connectivity index (χ2v) is 7.70. The molecule has 0 aliphatic carbocycles. The van der Waals surface area contributed by atoms with Crippen molar-refractivity contribution in [2.24, 2.45) is 0 Å². The highest BCUT2D eigenvalue weighted by molar-refractivity contribution is 7.98. The Bertz CT molecular complexity index is 1100. The first-order chi connectivity index (χ1) is 15.1. The van der Waals surface area contributed by atoms with Crippen molar-refractivity contribution in [1.82, 2.24) is 14.8 Å². The Kier molecular flexibility index (Phi) is 6.08. The largest absolute Gasteiger partial charge is 0.497 e. The fourth-order valence-corrected chi connectivity index (χ4v) is 3.95. The van der Waals surface area contributed by atoms with Gasteiger partial charge < -0.3 is 14.8 Å². The third kappa shape index (κ3) is 4.64. The number of fused-ring (bicyclic) bond motifs is 1. The van der Waals surface area contributed by atoms with E-state index in [1.165, 1.54) is 30.7 Å². The monoisotopic (exact) mass is 439 g/mol. The number of methoxy groups -OCH3 is 2. The lowest BCUT2D eigenvalue weighted by Gasteiger charge is -2.13. The van der Waals surface area contributed by atoms with Gasteiger partial charge in [-0.1, -0.05) is 42.1 Å². The van der Waals surface area contributed by atoms with Crippen molar-refractivity contribution in [3.8, 4) is 11.5 Å². The highest BCUT2D eigenvalue weighted by Gasteiger charge is 2.35. The molecule has 0 radical (unpaired) electrons. The number of amides is 2. The summed E-state index contributed by atoms with van der Waals surface area (Å²) < 4.78 is 11.9. The summed E-state index contributed by atoms with van der Waals surface area (Å²) in [4.78, 5) is 29.4. The molecule has 4 rings (SSSR count). The SMILES string of the molecule is COc1ccc(OC)c(NC(=O)C[C@H]2C(=O)Nc3nc(SCc4ccccc4)nn32)c1. The van der Waals surface area contributed by atoms with Gasteiger partial charge in [0.25, 0.3) is 5.91 Å². The maximum Gasteiger partial charge on any atom is 0.252 e. The van der Waals surface area contributed by atoms with Gasteiger partial charge in [-0.15, -0.1) is 5.10 Å². The van der Waals surface area contributed by atoms with E-state index in [2.05, 4.69) is 20.7 Å². The minimum atomic E-state index is -0.773. The predicted molar refractivity (Wildman–Crippen MR) is 116 cm³/mol. The molecule has 0 saturated heterocycles. The molecular formula is C21H21N5O4S. The second kappa shape index (κ2) is 9.09. The number of nitrogens with one attached hydrogen (secondary N) is 2. The highest BCUT2D eigenvalue weighted by Crippen LogP contribution is 2.31. The summed E-state index contributed by atoms with van der Waals surface area (Å²) in [5, 5.41) is 10.4. The van der Waals surface area contributed by atoms with Crippen LogP contribution in [0.4, 0.5) is 11.6 Å². The Balaban J connectivity index is 1.43. The van der Waals surface area contributed by atoms with Gasteiger partial charge in [0.05, 0.1) is 26.3 Å². The van der Waals surface area contributed by atoms with Crippen LogP contribution in [0, 0.1) is 0 Å². The van der Waals surface area contributed by atoms with Crippen molar-refractivity contribution >= 4 is 35.2 Å². The Morgan fingerprint density at radius 3 is 2.74 bits per heavy atom. The van der Waals surface area contributed by atoms with Gasteiger partial charge in [-0.2, -0.15) is 4.98 Å². The van der Waals surface area contributed by atoms with E-state index in [-0.39, 0.29) is 18.2 Å². The number of carbonyl (C=O) groups excluding carboxylic acids is 2. The molecule has 0 unspecified atom stereocenters. The molecule has 10 heteroatoms. The highest BCUT2D eigenvalue weighted by atomic mass is 32.2. The number of carbonyl (C=O) groups is 2. The third-order valence-corrected chi connectivity index (χ3v) is 5.62. The van der Waals surface area contributed by atoms with Crippen LogP contribution in [0.15, 0.2) is 53.7 Å². The second-order valence-electron chi connectivity index (χ2n) is 6.76. The molecule has 0 fully saturated rings. The maximum atomic E-state index is 12.7. The molecule has 31 heavy (non-hydrogen) atoms. The number of nitrogens with zero attached hydrogens (tertiary/aromatic N) is 3. The predicted octanol–water partition coefficient (Wildman–Crippen LogP) is 3.11. The van der Waals surface area contributed by atoms with E-state index < -0.39 is 6.04 Å². The van der Waals surface area contributed by atoms with E-state index in [9.17, 15) is 9.59 Å². The molecule has 0 saturated carbocycles. The van der Waals surface area contributed by atoms with E-state index in [1.807, 2.05) is 30.3 Å². The van der Waals surface area contributed by atoms with Crippen molar-refractivity contribution in [1.29, 1.82) is 0 Å². The zero-order valence-electron chi connectivity index (χ0n) is 17.0. The molecular weight excluding hydrogens is 418 g/mol. The quantitative estimate of drug-likeness (QED) is 0.519. The number of anilines is 2. The number of hydrogen-bond acceptors (Lipinski definition) is 7. The summed E-state index contributed by atoms with van der Waals surface area (Å²) in [5.74, 6) is 1.45. The number of aromatic nitrogens is 3. The van der Waals surface area contributed by atoms with Gasteiger partial charge in [-0.05, 0) is 17.7 Å². The van der Waals surface area contributed by atoms with Gasteiger partial charge in [0, 0.05) is 11.8 Å². The molecule has 160 valence electrons. The van der Waals surface area contributed by atoms with Gasteiger partial charge >= 0.3 is 0 Å². The molecule has 0 bridgehead atoms. The summed E-state index contributed by atoms with van der Waals surface area (Å²) in [6.07, 6.45) is -0.0919. The maximum absolute atomic E-state index is 12.7. The molecule has 0 spiro atoms. The zero-order valence-corrected chi connectivity index (χ0v) is 17.8. The van der Waals surface area contributed by atoms with Crippen LogP contribution in [0.3, 0.4) is 0 Å². The van der Waals surface area contributed by atoms with Crippen LogP contribution in [0.2, 0.25) is 0 Å². The van der Waals surface area contributed by atoms with E-state index in [1.54, 1.807) is 18.2 Å². The van der Waals surface area contributed by atoms with Crippen LogP contribution in [-0.4, -0.2) is 40.8 Å². The molecule has 1 atom stereocenters. The Morgan fingerprint density at radius 1 is 1.19 bits per heavy atom. The number of hydrogen-bond donors (Lipinski definition) is 2. The smallest absolute Gasteiger partial charge is 0.252 e. The third-order valence-electron chi connectivity index (χ3n) is 4.71. The first-order valence-electron chi connectivity index (χ1n) is 9.53. The van der Waals surface area contributed by atoms with Crippen molar-refractivity contribution in [3.63, 3.8) is 0 Å². The summed E-state index contributed by atoms with van der Waals surface area (Å²) in [6, 6.07) is 14.3. The molecule has 2 amide bonds. The van der Waals surface area contributed by atoms with Crippen molar-refractivity contribution in [2.45, 2.75) is 23.4 Å². The summed E-state index contributed by atoms with van der Waals surface area (Å²) >= 11 is 1.47. The molecule has 2 heterocycles. The van der Waals surface area contributed by atoms with Crippen LogP contribution >= 0.6 is 11.8 Å². The number of benzene rings is 2. The normalized spacial score (nSPS) is 14.6. The van der Waals surface area contributed by atoms with Gasteiger partial charge in [0.15, 0.2) is 0 Å². The lowest BCUT2D eigenvalue weighted by molar-refractivity contribution is -0.123. The van der Waals surface area contributed by atoms with Crippen LogP contribution in [-0.2, 0) is 15.3 Å². The first kappa shape index (κ1) is 20.7. The van der Waals surface area contributed by atoms with Crippen LogP contribution in [0.1, 0.15) is 18.0 Å². The number of rotatable bonds is 8. The molecule has 1 aliphatic heterocycles. The lowest BCUT2D eigenvalue weighted by Crippen LogP contribution is -2.24. The van der Waals surface area contributed by atoms with Gasteiger partial charge in [-0.3, -0.25) is 14.9 Å². The van der Waals surface area contributed by atoms with Crippen molar-refractivity contribution < 1.29 is 19.1 Å². The van der Waals surface area contributed by atoms with E-state index in [0.29, 0.717) is 34.0 Å². The lowest BCUT2D eigenvalue weighted by atomic mass is 10.2. The molecule has 3 aromatic rings.